The van der Waals surface area contributed by atoms with Gasteiger partial charge in [0.25, 0.3) is 0 Å². The van der Waals surface area contributed by atoms with Crippen molar-refractivity contribution in [3.8, 4) is 0 Å². The second-order valence-corrected chi connectivity index (χ2v) is 8.90. The van der Waals surface area contributed by atoms with Crippen molar-refractivity contribution in [2.24, 2.45) is 11.3 Å². The van der Waals surface area contributed by atoms with E-state index in [1.54, 1.807) is 0 Å². The third kappa shape index (κ3) is 9.56. The van der Waals surface area contributed by atoms with Crippen LogP contribution in [0.15, 0.2) is 0 Å². The predicted molar refractivity (Wildman–Crippen MR) is 105 cm³/mol. The fraction of sp³-hybridized carbons (Fsp3) is 0.905. The normalized spacial score (nSPS) is 30.0. The molecule has 1 saturated heterocycles. The van der Waals surface area contributed by atoms with Gasteiger partial charge in [-0.3, -0.25) is 9.59 Å². The molecule has 158 valence electrons. The number of aliphatic hydroxyl groups is 1. The Balaban J connectivity index is 0.000000309. The van der Waals surface area contributed by atoms with Gasteiger partial charge in [-0.1, -0.05) is 27.2 Å². The Morgan fingerprint density at radius 3 is 2.37 bits per heavy atom. The number of ether oxygens (including phenoxy) is 1. The van der Waals surface area contributed by atoms with E-state index in [-0.39, 0.29) is 30.0 Å². The van der Waals surface area contributed by atoms with Gasteiger partial charge in [-0.05, 0) is 63.3 Å². The molecule has 4 unspecified atom stereocenters. The summed E-state index contributed by atoms with van der Waals surface area (Å²) in [6, 6.07) is 0.397. The first-order valence-electron chi connectivity index (χ1n) is 10.4. The number of aliphatic carboxylic acids is 1. The molecule has 2 aliphatic rings. The second kappa shape index (κ2) is 11.6. The molecule has 1 heterocycles. The molecule has 27 heavy (non-hydrogen) atoms. The maximum atomic E-state index is 11.5. The van der Waals surface area contributed by atoms with Crippen LogP contribution < -0.4 is 5.32 Å². The number of carbonyl (C=O) groups is 2. The zero-order chi connectivity index (χ0) is 20.4. The minimum atomic E-state index is -0.814. The highest BCUT2D eigenvalue weighted by Crippen LogP contribution is 2.38. The van der Waals surface area contributed by atoms with Gasteiger partial charge < -0.3 is 20.3 Å². The fourth-order valence-electron chi connectivity index (χ4n) is 3.94. The summed E-state index contributed by atoms with van der Waals surface area (Å²) >= 11 is 0. The Bertz CT molecular complexity index is 465. The Morgan fingerprint density at radius 1 is 1.15 bits per heavy atom. The van der Waals surface area contributed by atoms with E-state index in [1.807, 2.05) is 0 Å². The second-order valence-electron chi connectivity index (χ2n) is 8.90. The number of unbranched alkanes of at least 4 members (excludes halogenated alkanes) is 1. The summed E-state index contributed by atoms with van der Waals surface area (Å²) in [4.78, 5) is 21.7. The molecule has 6 nitrogen and oxygen atoms in total. The fourth-order valence-corrected chi connectivity index (χ4v) is 3.94. The number of carboxylic acid groups (broad SMARTS) is 1. The first-order chi connectivity index (χ1) is 12.6. The molecule has 1 aliphatic heterocycles. The van der Waals surface area contributed by atoms with Crippen molar-refractivity contribution in [1.82, 2.24) is 5.32 Å². The summed E-state index contributed by atoms with van der Waals surface area (Å²) in [5.41, 5.74) is 0.164. The molecule has 0 spiro atoms. The number of carboxylic acids is 1. The van der Waals surface area contributed by atoms with Crippen molar-refractivity contribution < 1.29 is 24.5 Å². The number of rotatable bonds is 6. The number of nitrogens with one attached hydrogen (secondary N) is 1. The van der Waals surface area contributed by atoms with Crippen molar-refractivity contribution in [2.75, 3.05) is 6.54 Å². The van der Waals surface area contributed by atoms with Gasteiger partial charge in [-0.2, -0.15) is 0 Å². The molecule has 2 fully saturated rings. The molecule has 0 aromatic rings. The summed E-state index contributed by atoms with van der Waals surface area (Å²) in [6.45, 7) is 9.43. The summed E-state index contributed by atoms with van der Waals surface area (Å²) < 4.78 is 5.34. The molecule has 1 aliphatic carbocycles. The molecule has 6 heteroatoms. The topological polar surface area (TPSA) is 95.9 Å². The lowest BCUT2D eigenvalue weighted by Crippen LogP contribution is -2.40. The highest BCUT2D eigenvalue weighted by atomic mass is 16.5. The van der Waals surface area contributed by atoms with E-state index in [9.17, 15) is 14.7 Å². The SMILES string of the molecule is CC1CC(OC(=O)CCCCC(=O)O)CCN1.CC1CCCC(C)(C)C1O. The Labute approximate surface area is 164 Å². The van der Waals surface area contributed by atoms with Gasteiger partial charge in [0.05, 0.1) is 6.10 Å². The van der Waals surface area contributed by atoms with Crippen LogP contribution in [-0.2, 0) is 14.3 Å². The number of esters is 1. The molecule has 0 bridgehead atoms. The summed E-state index contributed by atoms with van der Waals surface area (Å²) in [5, 5.41) is 21.4. The molecule has 0 amide bonds. The summed E-state index contributed by atoms with van der Waals surface area (Å²) in [7, 11) is 0. The van der Waals surface area contributed by atoms with Gasteiger partial charge >= 0.3 is 11.9 Å². The summed E-state index contributed by atoms with van der Waals surface area (Å²) in [5.74, 6) is -0.510. The van der Waals surface area contributed by atoms with Crippen LogP contribution in [0.4, 0.5) is 0 Å². The van der Waals surface area contributed by atoms with Gasteiger partial charge in [0.15, 0.2) is 0 Å². The first kappa shape index (κ1) is 23.9. The van der Waals surface area contributed by atoms with Crippen molar-refractivity contribution in [3.63, 3.8) is 0 Å². The molecule has 0 radical (unpaired) electrons. The van der Waals surface area contributed by atoms with Crippen molar-refractivity contribution in [2.45, 2.75) is 104 Å². The average molecular weight is 386 g/mol. The van der Waals surface area contributed by atoms with E-state index in [0.29, 0.717) is 31.2 Å². The van der Waals surface area contributed by atoms with Crippen LogP contribution in [0.2, 0.25) is 0 Å². The largest absolute Gasteiger partial charge is 0.481 e. The van der Waals surface area contributed by atoms with E-state index >= 15 is 0 Å². The lowest BCUT2D eigenvalue weighted by atomic mass is 9.70. The minimum Gasteiger partial charge on any atom is -0.481 e. The summed E-state index contributed by atoms with van der Waals surface area (Å²) in [6.07, 6.45) is 6.90. The van der Waals surface area contributed by atoms with Gasteiger partial charge in [0.2, 0.25) is 0 Å². The lowest BCUT2D eigenvalue weighted by Gasteiger charge is -2.39. The van der Waals surface area contributed by atoms with E-state index in [0.717, 1.165) is 19.4 Å². The maximum absolute atomic E-state index is 11.5. The molecular formula is C21H39NO5. The van der Waals surface area contributed by atoms with Crippen LogP contribution in [0.1, 0.15) is 85.5 Å². The Hall–Kier alpha value is -1.14. The number of hydrogen-bond donors (Lipinski definition) is 3. The number of carbonyl (C=O) groups excluding carboxylic acids is 1. The quantitative estimate of drug-likeness (QED) is 0.478. The molecule has 2 rings (SSSR count). The Kier molecular flexibility index (Phi) is 10.3. The third-order valence-electron chi connectivity index (χ3n) is 5.72. The van der Waals surface area contributed by atoms with Gasteiger partial charge in [-0.15, -0.1) is 0 Å². The molecule has 0 aromatic heterocycles. The number of piperidine rings is 1. The molecule has 0 aromatic carbocycles. The molecular weight excluding hydrogens is 346 g/mol. The van der Waals surface area contributed by atoms with E-state index in [2.05, 4.69) is 33.0 Å². The van der Waals surface area contributed by atoms with Crippen molar-refractivity contribution >= 4 is 11.9 Å². The monoisotopic (exact) mass is 385 g/mol. The van der Waals surface area contributed by atoms with Gasteiger partial charge in [0, 0.05) is 18.9 Å². The Morgan fingerprint density at radius 2 is 1.81 bits per heavy atom. The highest BCUT2D eigenvalue weighted by Gasteiger charge is 2.35. The number of aliphatic hydroxyl groups excluding tert-OH is 1. The van der Waals surface area contributed by atoms with Crippen LogP contribution in [0.25, 0.3) is 0 Å². The zero-order valence-electron chi connectivity index (χ0n) is 17.5. The van der Waals surface area contributed by atoms with Gasteiger partial charge in [-0.25, -0.2) is 0 Å². The van der Waals surface area contributed by atoms with E-state index < -0.39 is 5.97 Å². The van der Waals surface area contributed by atoms with Crippen LogP contribution in [0, 0.1) is 11.3 Å². The van der Waals surface area contributed by atoms with Crippen molar-refractivity contribution in [1.29, 1.82) is 0 Å². The predicted octanol–water partition coefficient (Wildman–Crippen LogP) is 3.51. The first-order valence-corrected chi connectivity index (χ1v) is 10.4. The number of hydrogen-bond acceptors (Lipinski definition) is 5. The average Bonchev–Trinajstić information content (AvgIpc) is 2.57. The third-order valence-corrected chi connectivity index (χ3v) is 5.72. The standard InChI is InChI=1S/C12H21NO4.C9H18O/c1-9-8-10(6-7-13-9)17-12(16)5-3-2-4-11(14)15;1-7-5-4-6-9(2,3)8(7)10/h9-10,13H,2-8H2,1H3,(H,14,15);7-8,10H,4-6H2,1-3H3. The highest BCUT2D eigenvalue weighted by molar-refractivity contribution is 5.70. The molecule has 3 N–H and O–H groups in total. The minimum absolute atomic E-state index is 0.0261. The lowest BCUT2D eigenvalue weighted by molar-refractivity contribution is -0.151. The van der Waals surface area contributed by atoms with Crippen LogP contribution in [0.5, 0.6) is 0 Å². The molecule has 1 saturated carbocycles. The van der Waals surface area contributed by atoms with E-state index in [1.165, 1.54) is 19.3 Å². The zero-order valence-corrected chi connectivity index (χ0v) is 17.5. The van der Waals surface area contributed by atoms with Crippen molar-refractivity contribution in [3.05, 3.63) is 0 Å². The van der Waals surface area contributed by atoms with Gasteiger partial charge in [0.1, 0.15) is 6.10 Å². The maximum Gasteiger partial charge on any atom is 0.306 e. The van der Waals surface area contributed by atoms with Crippen LogP contribution in [0.3, 0.4) is 0 Å². The molecule has 4 atom stereocenters. The van der Waals surface area contributed by atoms with Crippen LogP contribution >= 0.6 is 0 Å². The van der Waals surface area contributed by atoms with Crippen LogP contribution in [-0.4, -0.2) is 46.9 Å². The van der Waals surface area contributed by atoms with E-state index in [4.69, 9.17) is 9.84 Å². The smallest absolute Gasteiger partial charge is 0.306 e.